The van der Waals surface area contributed by atoms with Crippen LogP contribution < -0.4 is 16.0 Å². The fourth-order valence-corrected chi connectivity index (χ4v) is 10.1. The standard InChI is InChI=1S/C45H85N5O8S.C10H10FNO3.C3H8/c1-15-34(6)42(37(57-13)27-35(21-19-24-46-31-52)43(58-14)33(4)5)50(12)40(55)29-47-44(56)41(32(2)3)49(11)38(53)22-17-16-18-25-48(10)39(54)28-36(30-51)59-26-20-23-45(7,8)9;11-8-4-2-1-3-7(8)5-9(10(14)15)12-6-13;1-3-2/h30-37,41-43H,15-29H2,1-14H3,(H,46,52)(H,47,56);1-4,6,9H,5H2,(H,12,13)(H,14,15);3H2,1-2H3. The molecule has 0 saturated heterocycles. The second-order valence-electron chi connectivity index (χ2n) is 21.9. The zero-order valence-electron chi connectivity index (χ0n) is 50.0. The van der Waals surface area contributed by atoms with Gasteiger partial charge in [0, 0.05) is 67.7 Å². The molecule has 0 bridgehead atoms. The van der Waals surface area contributed by atoms with Crippen LogP contribution in [-0.2, 0) is 54.3 Å². The van der Waals surface area contributed by atoms with Gasteiger partial charge in [-0.2, -0.15) is 11.8 Å². The lowest BCUT2D eigenvalue weighted by molar-refractivity contribution is -0.142. The lowest BCUT2D eigenvalue weighted by Crippen LogP contribution is -2.55. The molecule has 0 aliphatic carbocycles. The Morgan fingerprint density at radius 3 is 1.96 bits per heavy atom. The molecule has 0 radical (unpaired) electrons. The molecule has 17 nitrogen and oxygen atoms in total. The van der Waals surface area contributed by atoms with E-state index >= 15 is 0 Å². The van der Waals surface area contributed by atoms with Gasteiger partial charge in [0.1, 0.15) is 24.2 Å². The van der Waals surface area contributed by atoms with E-state index < -0.39 is 23.9 Å². The summed E-state index contributed by atoms with van der Waals surface area (Å²) in [5, 5.41) is 16.1. The van der Waals surface area contributed by atoms with Crippen molar-refractivity contribution in [1.82, 2.24) is 30.7 Å². The smallest absolute Gasteiger partial charge is 0.326 e. The van der Waals surface area contributed by atoms with E-state index in [0.29, 0.717) is 38.8 Å². The van der Waals surface area contributed by atoms with Gasteiger partial charge in [0.2, 0.25) is 36.4 Å². The van der Waals surface area contributed by atoms with Gasteiger partial charge in [0.25, 0.3) is 0 Å². The van der Waals surface area contributed by atoms with E-state index in [0.717, 1.165) is 57.0 Å². The Morgan fingerprint density at radius 1 is 0.818 bits per heavy atom. The summed E-state index contributed by atoms with van der Waals surface area (Å²) in [6.45, 7) is 23.9. The van der Waals surface area contributed by atoms with Crippen LogP contribution in [0.15, 0.2) is 24.3 Å². The highest BCUT2D eigenvalue weighted by Crippen LogP contribution is 2.31. The summed E-state index contributed by atoms with van der Waals surface area (Å²) in [4.78, 5) is 102. The molecule has 0 aromatic heterocycles. The number of halogens is 1. The molecule has 0 spiro atoms. The van der Waals surface area contributed by atoms with Gasteiger partial charge in [-0.05, 0) is 91.4 Å². The Bertz CT molecular complexity index is 1840. The Kier molecular flexibility index (Phi) is 40.9. The minimum absolute atomic E-state index is 0.0300. The van der Waals surface area contributed by atoms with Crippen LogP contribution in [0.4, 0.5) is 4.39 Å². The molecule has 77 heavy (non-hydrogen) atoms. The highest BCUT2D eigenvalue weighted by Gasteiger charge is 2.37. The number of carbonyl (C=O) groups is 8. The molecule has 19 heteroatoms. The average molecular weight is 1110 g/mol. The van der Waals surface area contributed by atoms with Crippen molar-refractivity contribution in [3.8, 4) is 0 Å². The summed E-state index contributed by atoms with van der Waals surface area (Å²) in [5.74, 6) is -1.37. The van der Waals surface area contributed by atoms with Crippen molar-refractivity contribution in [1.29, 1.82) is 0 Å². The number of methoxy groups -OCH3 is 2. The van der Waals surface area contributed by atoms with E-state index in [1.54, 1.807) is 63.0 Å². The lowest BCUT2D eigenvalue weighted by Gasteiger charge is -2.40. The molecule has 6 amide bonds. The minimum Gasteiger partial charge on any atom is -0.480 e. The number of amides is 6. The first kappa shape index (κ1) is 74.5. The lowest BCUT2D eigenvalue weighted by atomic mass is 9.81. The van der Waals surface area contributed by atoms with Crippen LogP contribution in [0, 0.1) is 34.9 Å². The third-order valence-corrected chi connectivity index (χ3v) is 14.7. The minimum atomic E-state index is -1.19. The SMILES string of the molecule is CCC.CCC(C)C(C(CC(CCCNC=O)C(OC)C(C)C)OC)N(C)C(=O)CNC(=O)C(C(C)C)N(C)C(=O)CCCCCN(C)C(=O)CC(C=O)SCCCC(C)(C)C.O=CNC(Cc1ccccc1F)C(=O)O. The van der Waals surface area contributed by atoms with Crippen molar-refractivity contribution in [2.75, 3.05) is 60.7 Å². The Morgan fingerprint density at radius 2 is 1.45 bits per heavy atom. The van der Waals surface area contributed by atoms with Crippen LogP contribution in [0.5, 0.6) is 0 Å². The molecule has 0 fully saturated rings. The number of unbranched alkanes of at least 4 members (excludes halogenated alkanes) is 2. The number of ether oxygens (including phenoxy) is 2. The largest absolute Gasteiger partial charge is 0.480 e. The number of nitrogens with zero attached hydrogens (tertiary/aromatic N) is 3. The topological polar surface area (TPSA) is 221 Å². The van der Waals surface area contributed by atoms with Gasteiger partial charge in [-0.3, -0.25) is 28.8 Å². The summed E-state index contributed by atoms with van der Waals surface area (Å²) in [6.07, 6.45) is 10.4. The summed E-state index contributed by atoms with van der Waals surface area (Å²) < 4.78 is 25.2. The number of carboxylic acids is 1. The molecule has 4 N–H and O–H groups in total. The molecule has 0 saturated carbocycles. The molecular weight excluding hydrogens is 1010 g/mol. The van der Waals surface area contributed by atoms with Gasteiger partial charge in [0.15, 0.2) is 0 Å². The molecule has 8 unspecified atom stereocenters. The number of hydrogen-bond donors (Lipinski definition) is 4. The Hall–Kier alpha value is -4.62. The van der Waals surface area contributed by atoms with E-state index in [9.17, 15) is 42.7 Å². The fourth-order valence-electron chi connectivity index (χ4n) is 9.10. The van der Waals surface area contributed by atoms with Crippen molar-refractivity contribution in [3.05, 3.63) is 35.6 Å². The number of benzene rings is 1. The van der Waals surface area contributed by atoms with Gasteiger partial charge in [-0.1, -0.05) is 114 Å². The van der Waals surface area contributed by atoms with Crippen LogP contribution in [0.3, 0.4) is 0 Å². The number of aliphatic carboxylic acids is 1. The average Bonchev–Trinajstić information content (AvgIpc) is 3.37. The second-order valence-corrected chi connectivity index (χ2v) is 23.3. The van der Waals surface area contributed by atoms with Gasteiger partial charge < -0.3 is 50.0 Å². The maximum atomic E-state index is 13.8. The predicted octanol–water partition coefficient (Wildman–Crippen LogP) is 8.20. The molecular formula is C58H103FN6O11S. The van der Waals surface area contributed by atoms with Crippen LogP contribution in [0.25, 0.3) is 0 Å². The highest BCUT2D eigenvalue weighted by molar-refractivity contribution is 8.00. The molecule has 444 valence electrons. The van der Waals surface area contributed by atoms with Crippen LogP contribution >= 0.6 is 11.8 Å². The normalized spacial score (nSPS) is 14.3. The van der Waals surface area contributed by atoms with Crippen molar-refractivity contribution in [2.24, 2.45) is 29.1 Å². The fraction of sp³-hybridized carbons (Fsp3) is 0.759. The van der Waals surface area contributed by atoms with Crippen LogP contribution in [-0.4, -0.2) is 165 Å². The molecule has 0 heterocycles. The van der Waals surface area contributed by atoms with Crippen molar-refractivity contribution in [3.63, 3.8) is 0 Å². The van der Waals surface area contributed by atoms with E-state index in [4.69, 9.17) is 14.6 Å². The number of rotatable bonds is 38. The third kappa shape index (κ3) is 31.5. The van der Waals surface area contributed by atoms with E-state index in [1.807, 2.05) is 13.8 Å². The predicted molar refractivity (Wildman–Crippen MR) is 307 cm³/mol. The summed E-state index contributed by atoms with van der Waals surface area (Å²) in [7, 11) is 8.54. The second kappa shape index (κ2) is 42.3. The number of carbonyl (C=O) groups excluding carboxylic acids is 7. The van der Waals surface area contributed by atoms with Gasteiger partial charge in [-0.15, -0.1) is 0 Å². The number of aldehydes is 1. The van der Waals surface area contributed by atoms with E-state index in [2.05, 4.69) is 78.3 Å². The zero-order chi connectivity index (χ0) is 59.3. The first-order valence-corrected chi connectivity index (χ1v) is 28.8. The number of thioether (sulfide) groups is 1. The number of hydrogen-bond acceptors (Lipinski definition) is 11. The summed E-state index contributed by atoms with van der Waals surface area (Å²) in [6, 6.07) is 3.74. The van der Waals surface area contributed by atoms with E-state index in [-0.39, 0.29) is 108 Å². The maximum absolute atomic E-state index is 13.8. The van der Waals surface area contributed by atoms with Crippen molar-refractivity contribution < 1.29 is 57.3 Å². The van der Waals surface area contributed by atoms with Crippen LogP contribution in [0.2, 0.25) is 0 Å². The van der Waals surface area contributed by atoms with Crippen molar-refractivity contribution >= 4 is 60.5 Å². The number of likely N-dealkylation sites (N-methyl/N-ethyl adjacent to an activating group) is 2. The maximum Gasteiger partial charge on any atom is 0.326 e. The van der Waals surface area contributed by atoms with Crippen molar-refractivity contribution in [2.45, 2.75) is 195 Å². The first-order valence-electron chi connectivity index (χ1n) is 27.8. The first-order chi connectivity index (χ1) is 36.3. The van der Waals surface area contributed by atoms with Crippen LogP contribution in [0.1, 0.15) is 159 Å². The Balaban J connectivity index is 0. The quantitative estimate of drug-likeness (QED) is 0.0364. The van der Waals surface area contributed by atoms with Gasteiger partial charge >= 0.3 is 5.97 Å². The Labute approximate surface area is 467 Å². The molecule has 1 rings (SSSR count). The zero-order valence-corrected chi connectivity index (χ0v) is 50.8. The molecule has 8 atom stereocenters. The molecule has 1 aromatic carbocycles. The molecule has 1 aromatic rings. The summed E-state index contributed by atoms with van der Waals surface area (Å²) >= 11 is 1.55. The molecule has 0 aliphatic rings. The third-order valence-electron chi connectivity index (χ3n) is 13.5. The van der Waals surface area contributed by atoms with E-state index in [1.165, 1.54) is 29.5 Å². The summed E-state index contributed by atoms with van der Waals surface area (Å²) in [5.41, 5.74) is 0.511. The molecule has 0 aliphatic heterocycles. The number of carboxylic acid groups (broad SMARTS) is 1. The van der Waals surface area contributed by atoms with Gasteiger partial charge in [0.05, 0.1) is 30.0 Å². The number of nitrogens with one attached hydrogen (secondary N) is 3. The monoisotopic (exact) mass is 1110 g/mol. The van der Waals surface area contributed by atoms with Gasteiger partial charge in [-0.25, -0.2) is 9.18 Å². The highest BCUT2D eigenvalue weighted by atomic mass is 32.2.